The van der Waals surface area contributed by atoms with Crippen LogP contribution >= 0.6 is 0 Å². The normalized spacial score (nSPS) is 23.8. The van der Waals surface area contributed by atoms with E-state index in [9.17, 15) is 28.8 Å². The molecule has 59 heavy (non-hydrogen) atoms. The van der Waals surface area contributed by atoms with Crippen LogP contribution in [-0.4, -0.2) is 148 Å². The van der Waals surface area contributed by atoms with E-state index in [-0.39, 0.29) is 47.4 Å². The number of nitrogens with two attached hydrogens (primary N) is 1. The third-order valence-electron chi connectivity index (χ3n) is 13.2. The van der Waals surface area contributed by atoms with Crippen molar-refractivity contribution in [3.8, 4) is 0 Å². The summed E-state index contributed by atoms with van der Waals surface area (Å²) in [6.07, 6.45) is 3.93. The van der Waals surface area contributed by atoms with Gasteiger partial charge in [0.05, 0.1) is 17.2 Å². The quantitative estimate of drug-likeness (QED) is 0.264. The monoisotopic (exact) mass is 804 g/mol. The molecule has 308 valence electrons. The zero-order chi connectivity index (χ0) is 41.2. The van der Waals surface area contributed by atoms with Crippen LogP contribution in [0.3, 0.4) is 0 Å². The van der Waals surface area contributed by atoms with E-state index in [0.717, 1.165) is 68.1 Å². The van der Waals surface area contributed by atoms with Gasteiger partial charge in [-0.15, -0.1) is 10.2 Å². The maximum Gasteiger partial charge on any atom is 0.320 e. The molecule has 5 fully saturated rings. The van der Waals surface area contributed by atoms with Gasteiger partial charge in [-0.2, -0.15) is 4.98 Å². The van der Waals surface area contributed by atoms with E-state index >= 15 is 0 Å². The van der Waals surface area contributed by atoms with Crippen LogP contribution in [0.25, 0.3) is 0 Å². The highest BCUT2D eigenvalue weighted by atomic mass is 16.2. The molecule has 0 spiro atoms. The number of aromatic nitrogens is 3. The van der Waals surface area contributed by atoms with Crippen LogP contribution in [0.15, 0.2) is 42.5 Å². The third-order valence-corrected chi connectivity index (χ3v) is 13.2. The molecule has 0 bridgehead atoms. The molecule has 3 aromatic rings. The first kappa shape index (κ1) is 38.4. The highest BCUT2D eigenvalue weighted by Gasteiger charge is 2.46. The van der Waals surface area contributed by atoms with Gasteiger partial charge >= 0.3 is 6.03 Å². The average Bonchev–Trinajstić information content (AvgIpc) is 3.67. The number of urea groups is 1. The lowest BCUT2D eigenvalue weighted by molar-refractivity contribution is -0.136. The van der Waals surface area contributed by atoms with Gasteiger partial charge in [-0.05, 0) is 86.5 Å². The fraction of sp³-hybridized carbons (Fsp3) is 0.488. The molecule has 18 heteroatoms. The van der Waals surface area contributed by atoms with E-state index in [1.165, 1.54) is 5.56 Å². The highest BCUT2D eigenvalue weighted by Crippen LogP contribution is 2.39. The molecular weight excluding hydrogens is 757 g/mol. The molecule has 6 aliphatic rings. The van der Waals surface area contributed by atoms with Crippen LogP contribution in [0.2, 0.25) is 0 Å². The maximum absolute atomic E-state index is 13.3. The summed E-state index contributed by atoms with van der Waals surface area (Å²) in [6.45, 7) is 8.46. The second-order valence-corrected chi connectivity index (χ2v) is 16.8. The predicted octanol–water partition coefficient (Wildman–Crippen LogP) is 1.69. The summed E-state index contributed by atoms with van der Waals surface area (Å²) in [5.74, 6) is -2.14. The number of primary amides is 1. The first-order valence-corrected chi connectivity index (χ1v) is 20.4. The summed E-state index contributed by atoms with van der Waals surface area (Å²) in [4.78, 5) is 91.7. The van der Waals surface area contributed by atoms with Crippen molar-refractivity contribution in [2.75, 3.05) is 74.5 Å². The number of nitrogens with zero attached hydrogens (tertiary/aromatic N) is 9. The Kier molecular flexibility index (Phi) is 9.68. The molecule has 6 aliphatic heterocycles. The number of rotatable bonds is 9. The number of carbonyl (C=O) groups is 6. The van der Waals surface area contributed by atoms with E-state index < -0.39 is 35.6 Å². The number of imide groups is 2. The number of carbonyl (C=O) groups excluding carboxylic acids is 6. The molecule has 4 N–H and O–H groups in total. The Labute approximate surface area is 341 Å². The topological polar surface area (TPSA) is 211 Å². The largest absolute Gasteiger partial charge is 0.368 e. The van der Waals surface area contributed by atoms with Crippen LogP contribution in [0.4, 0.5) is 27.9 Å². The van der Waals surface area contributed by atoms with Crippen molar-refractivity contribution in [3.05, 3.63) is 64.8 Å². The van der Waals surface area contributed by atoms with Gasteiger partial charge in [0, 0.05) is 70.2 Å². The molecular formula is C41H48N12O6. The van der Waals surface area contributed by atoms with Gasteiger partial charge in [-0.25, -0.2) is 4.79 Å². The molecule has 9 rings (SSSR count). The number of piperidine rings is 3. The Morgan fingerprint density at radius 1 is 0.847 bits per heavy atom. The Morgan fingerprint density at radius 2 is 1.58 bits per heavy atom. The van der Waals surface area contributed by atoms with E-state index in [1.54, 1.807) is 17.0 Å². The third kappa shape index (κ3) is 6.98. The van der Waals surface area contributed by atoms with Gasteiger partial charge in [0.2, 0.25) is 17.8 Å². The van der Waals surface area contributed by atoms with Crippen molar-refractivity contribution in [2.45, 2.75) is 69.0 Å². The van der Waals surface area contributed by atoms with Gasteiger partial charge in [0.1, 0.15) is 6.04 Å². The molecule has 2 atom stereocenters. The Balaban J connectivity index is 0.798. The lowest BCUT2D eigenvalue weighted by atomic mass is 9.74. The molecule has 2 unspecified atom stereocenters. The minimum absolute atomic E-state index is 0.0297. The SMILES string of the molecule is CN1CCN(C2CCCN(c3nnc(C(N)=O)c(Nc4ccc(C5(C)CCN(C6CN(c7ccc8c(c7)C(=O)N(C7CCC(=O)NC7=O)C8=O)C6)CC5)cc4)n3)C2)C1=O. The van der Waals surface area contributed by atoms with E-state index in [0.29, 0.717) is 43.7 Å². The molecule has 7 heterocycles. The van der Waals surface area contributed by atoms with Crippen LogP contribution in [-0.2, 0) is 15.0 Å². The average molecular weight is 805 g/mol. The molecule has 18 nitrogen and oxygen atoms in total. The lowest BCUT2D eigenvalue weighted by Gasteiger charge is -2.50. The van der Waals surface area contributed by atoms with Gasteiger partial charge in [-0.3, -0.25) is 39.1 Å². The number of hydrogen-bond acceptors (Lipinski definition) is 13. The Hall–Kier alpha value is -6.17. The van der Waals surface area contributed by atoms with Gasteiger partial charge in [0.15, 0.2) is 11.5 Å². The summed E-state index contributed by atoms with van der Waals surface area (Å²) >= 11 is 0. The second-order valence-electron chi connectivity index (χ2n) is 16.8. The zero-order valence-electron chi connectivity index (χ0n) is 33.2. The van der Waals surface area contributed by atoms with Crippen molar-refractivity contribution in [2.24, 2.45) is 5.73 Å². The molecule has 2 aromatic carbocycles. The van der Waals surface area contributed by atoms with Gasteiger partial charge in [-0.1, -0.05) is 19.1 Å². The second kappa shape index (κ2) is 14.9. The van der Waals surface area contributed by atoms with Gasteiger partial charge < -0.3 is 30.7 Å². The number of benzene rings is 2. The fourth-order valence-electron chi connectivity index (χ4n) is 9.42. The summed E-state index contributed by atoms with van der Waals surface area (Å²) in [5, 5.41) is 13.9. The van der Waals surface area contributed by atoms with E-state index in [2.05, 4.69) is 49.7 Å². The molecule has 0 aliphatic carbocycles. The number of amides is 7. The van der Waals surface area contributed by atoms with Crippen molar-refractivity contribution in [1.82, 2.24) is 40.1 Å². The smallest absolute Gasteiger partial charge is 0.320 e. The minimum Gasteiger partial charge on any atom is -0.368 e. The van der Waals surface area contributed by atoms with Crippen molar-refractivity contribution < 1.29 is 28.8 Å². The number of nitrogens with one attached hydrogen (secondary N) is 2. The standard InChI is InChI=1S/C41H48N12O6/c1-41(13-16-49(17-14-41)28-22-51(23-28)26-9-10-29-30(20-26)38(58)53(37(29)57)31-11-12-32(54)44-36(31)56)24-5-7-25(8-6-24)43-35-33(34(42)55)46-47-39(45-35)50-15-3-4-27(21-50)52-19-18-48(2)40(52)59/h5-10,20,27-28,31H,3-4,11-19,21-23H2,1-2H3,(H2,42,55)(H,43,45,47)(H,44,54,56). The van der Waals surface area contributed by atoms with E-state index in [4.69, 9.17) is 10.7 Å². The molecule has 0 saturated carbocycles. The van der Waals surface area contributed by atoms with Crippen LogP contribution in [0, 0.1) is 0 Å². The zero-order valence-corrected chi connectivity index (χ0v) is 33.2. The highest BCUT2D eigenvalue weighted by molar-refractivity contribution is 6.23. The maximum atomic E-state index is 13.3. The number of likely N-dealkylation sites (tertiary alicyclic amines) is 1. The van der Waals surface area contributed by atoms with Crippen molar-refractivity contribution >= 4 is 58.7 Å². The summed E-state index contributed by atoms with van der Waals surface area (Å²) in [5.41, 5.74) is 9.00. The fourth-order valence-corrected chi connectivity index (χ4v) is 9.42. The number of likely N-dealkylation sites (N-methyl/N-ethyl adjacent to an activating group) is 1. The number of fused-ring (bicyclic) bond motifs is 1. The van der Waals surface area contributed by atoms with Crippen LogP contribution in [0.5, 0.6) is 0 Å². The number of anilines is 4. The van der Waals surface area contributed by atoms with Crippen molar-refractivity contribution in [1.29, 1.82) is 0 Å². The van der Waals surface area contributed by atoms with Gasteiger partial charge in [0.25, 0.3) is 17.7 Å². The van der Waals surface area contributed by atoms with Crippen LogP contribution in [0.1, 0.15) is 82.2 Å². The molecule has 5 saturated heterocycles. The Morgan fingerprint density at radius 3 is 2.27 bits per heavy atom. The summed E-state index contributed by atoms with van der Waals surface area (Å²) in [7, 11) is 1.82. The predicted molar refractivity (Wildman–Crippen MR) is 215 cm³/mol. The van der Waals surface area contributed by atoms with Crippen LogP contribution < -0.4 is 26.2 Å². The Bertz CT molecular complexity index is 2240. The summed E-state index contributed by atoms with van der Waals surface area (Å²) in [6, 6.07) is 12.9. The molecule has 1 aromatic heterocycles. The minimum atomic E-state index is -0.986. The lowest BCUT2D eigenvalue weighted by Crippen LogP contribution is -2.61. The summed E-state index contributed by atoms with van der Waals surface area (Å²) < 4.78 is 0. The molecule has 0 radical (unpaired) electrons. The van der Waals surface area contributed by atoms with E-state index in [1.807, 2.05) is 35.0 Å². The first-order chi connectivity index (χ1) is 28.4. The number of hydrogen-bond donors (Lipinski definition) is 3. The van der Waals surface area contributed by atoms with Crippen molar-refractivity contribution in [3.63, 3.8) is 0 Å². The molecule has 7 amide bonds. The first-order valence-electron chi connectivity index (χ1n) is 20.4.